The van der Waals surface area contributed by atoms with Crippen molar-refractivity contribution in [2.45, 2.75) is 32.6 Å². The second-order valence-corrected chi connectivity index (χ2v) is 6.79. The molecule has 2 aromatic rings. The van der Waals surface area contributed by atoms with Gasteiger partial charge in [0.15, 0.2) is 17.5 Å². The molecule has 1 aliphatic heterocycles. The molecule has 2 aromatic carbocycles. The van der Waals surface area contributed by atoms with Gasteiger partial charge in [-0.1, -0.05) is 30.3 Å². The Labute approximate surface area is 180 Å². The summed E-state index contributed by atoms with van der Waals surface area (Å²) in [6, 6.07) is 13.1. The minimum Gasteiger partial charge on any atom is -0.454 e. The summed E-state index contributed by atoms with van der Waals surface area (Å²) >= 11 is 0. The second kappa shape index (κ2) is 11.9. The Hall–Kier alpha value is -3.07. The molecule has 0 radical (unpaired) electrons. The summed E-state index contributed by atoms with van der Waals surface area (Å²) in [7, 11) is 1.65. The lowest BCUT2D eigenvalue weighted by atomic mass is 10.1. The number of aliphatic imine (C=N–C) groups is 1. The number of rotatable bonds is 11. The normalized spacial score (nSPS) is 12.8. The van der Waals surface area contributed by atoms with Crippen molar-refractivity contribution in [3.63, 3.8) is 0 Å². The number of benzene rings is 2. The Bertz CT molecular complexity index is 850. The number of fused-ring (bicyclic) bond motifs is 1. The molecule has 0 atom stereocenters. The lowest BCUT2D eigenvalue weighted by Crippen LogP contribution is -2.37. The molecule has 0 fully saturated rings. The fourth-order valence-corrected chi connectivity index (χ4v) is 3.01. The first-order chi connectivity index (χ1) is 15.2. The van der Waals surface area contributed by atoms with E-state index in [9.17, 15) is 8.78 Å². The summed E-state index contributed by atoms with van der Waals surface area (Å²) < 4.78 is 46.3. The van der Waals surface area contributed by atoms with Gasteiger partial charge < -0.3 is 29.6 Å². The van der Waals surface area contributed by atoms with Crippen LogP contribution in [-0.2, 0) is 17.9 Å². The molecule has 31 heavy (non-hydrogen) atoms. The summed E-state index contributed by atoms with van der Waals surface area (Å²) in [5.74, 6) is 1.48. The third kappa shape index (κ3) is 7.29. The van der Waals surface area contributed by atoms with Crippen molar-refractivity contribution in [1.29, 1.82) is 0 Å². The van der Waals surface area contributed by atoms with E-state index < -0.39 is 6.61 Å². The van der Waals surface area contributed by atoms with Crippen LogP contribution in [0.25, 0.3) is 0 Å². The molecule has 168 valence electrons. The first-order valence-corrected chi connectivity index (χ1v) is 10.1. The maximum atomic E-state index is 12.7. The van der Waals surface area contributed by atoms with Crippen molar-refractivity contribution in [1.82, 2.24) is 10.6 Å². The summed E-state index contributed by atoms with van der Waals surface area (Å²) in [6.45, 7) is -0.655. The fourth-order valence-electron chi connectivity index (χ4n) is 3.01. The van der Waals surface area contributed by atoms with Crippen LogP contribution < -0.4 is 24.8 Å². The molecule has 0 unspecified atom stereocenters. The van der Waals surface area contributed by atoms with Crippen molar-refractivity contribution < 1.29 is 27.7 Å². The molecule has 0 aliphatic carbocycles. The van der Waals surface area contributed by atoms with Crippen LogP contribution in [0.1, 0.15) is 24.0 Å². The molecule has 0 bridgehead atoms. The van der Waals surface area contributed by atoms with Crippen LogP contribution in [0, 0.1) is 0 Å². The van der Waals surface area contributed by atoms with E-state index in [-0.39, 0.29) is 19.1 Å². The van der Waals surface area contributed by atoms with Gasteiger partial charge in [-0.15, -0.1) is 0 Å². The number of alkyl halides is 2. The van der Waals surface area contributed by atoms with Gasteiger partial charge in [0.25, 0.3) is 0 Å². The average molecular weight is 435 g/mol. The van der Waals surface area contributed by atoms with Gasteiger partial charge in [0.2, 0.25) is 6.79 Å². The van der Waals surface area contributed by atoms with Crippen LogP contribution in [0.5, 0.6) is 17.2 Å². The quantitative estimate of drug-likeness (QED) is 0.319. The van der Waals surface area contributed by atoms with E-state index in [1.54, 1.807) is 13.1 Å². The number of unbranched alkanes of at least 4 members (excludes halogenated alkanes) is 1. The van der Waals surface area contributed by atoms with E-state index in [1.807, 2.05) is 30.3 Å². The molecule has 0 aromatic heterocycles. The van der Waals surface area contributed by atoms with E-state index in [2.05, 4.69) is 20.4 Å². The number of guanidine groups is 1. The lowest BCUT2D eigenvalue weighted by molar-refractivity contribution is -0.0505. The van der Waals surface area contributed by atoms with Crippen LogP contribution in [0.2, 0.25) is 0 Å². The highest BCUT2D eigenvalue weighted by Crippen LogP contribution is 2.38. The predicted octanol–water partition coefficient (Wildman–Crippen LogP) is 3.68. The van der Waals surface area contributed by atoms with Crippen LogP contribution in [-0.4, -0.2) is 39.6 Å². The smallest absolute Gasteiger partial charge is 0.387 e. The van der Waals surface area contributed by atoms with Crippen molar-refractivity contribution >= 4 is 5.96 Å². The van der Waals surface area contributed by atoms with Crippen molar-refractivity contribution in [2.75, 3.05) is 27.0 Å². The van der Waals surface area contributed by atoms with E-state index in [4.69, 9.17) is 14.2 Å². The first kappa shape index (κ1) is 22.6. The fraction of sp³-hybridized carbons (Fsp3) is 0.409. The molecular weight excluding hydrogens is 408 g/mol. The average Bonchev–Trinajstić information content (AvgIpc) is 3.22. The molecule has 3 rings (SSSR count). The van der Waals surface area contributed by atoms with Gasteiger partial charge in [0, 0.05) is 38.4 Å². The molecule has 0 saturated carbocycles. The van der Waals surface area contributed by atoms with Crippen LogP contribution in [0.3, 0.4) is 0 Å². The van der Waals surface area contributed by atoms with Gasteiger partial charge in [-0.3, -0.25) is 4.99 Å². The minimum absolute atomic E-state index is 0.0396. The van der Waals surface area contributed by atoms with Gasteiger partial charge >= 0.3 is 6.61 Å². The summed E-state index contributed by atoms with van der Waals surface area (Å²) in [5.41, 5.74) is 1.67. The van der Waals surface area contributed by atoms with Gasteiger partial charge in [-0.2, -0.15) is 8.78 Å². The van der Waals surface area contributed by atoms with E-state index in [1.165, 1.54) is 6.07 Å². The van der Waals surface area contributed by atoms with Crippen LogP contribution in [0.15, 0.2) is 47.5 Å². The number of nitrogens with one attached hydrogen (secondary N) is 2. The zero-order valence-electron chi connectivity index (χ0n) is 17.4. The van der Waals surface area contributed by atoms with Gasteiger partial charge in [-0.25, -0.2) is 0 Å². The van der Waals surface area contributed by atoms with E-state index in [0.29, 0.717) is 42.8 Å². The van der Waals surface area contributed by atoms with Crippen LogP contribution >= 0.6 is 0 Å². The van der Waals surface area contributed by atoms with E-state index >= 15 is 0 Å². The number of hydrogen-bond donors (Lipinski definition) is 2. The zero-order chi connectivity index (χ0) is 21.9. The van der Waals surface area contributed by atoms with Gasteiger partial charge in [0.05, 0.1) is 6.61 Å². The molecule has 1 heterocycles. The third-order valence-corrected chi connectivity index (χ3v) is 4.56. The summed E-state index contributed by atoms with van der Waals surface area (Å²) in [6.07, 6.45) is 1.81. The molecule has 0 amide bonds. The SMILES string of the molecule is CN=C(NCCCCOCc1ccccc1)NCc1cc2c(cc1OC(F)F)OCO2. The minimum atomic E-state index is -2.93. The zero-order valence-corrected chi connectivity index (χ0v) is 17.4. The third-order valence-electron chi connectivity index (χ3n) is 4.56. The largest absolute Gasteiger partial charge is 0.454 e. The Morgan fingerprint density at radius 3 is 2.61 bits per heavy atom. The van der Waals surface area contributed by atoms with Crippen molar-refractivity contribution in [2.24, 2.45) is 4.99 Å². The van der Waals surface area contributed by atoms with Gasteiger partial charge in [0.1, 0.15) is 5.75 Å². The highest BCUT2D eigenvalue weighted by molar-refractivity contribution is 5.79. The Morgan fingerprint density at radius 1 is 1.10 bits per heavy atom. The highest BCUT2D eigenvalue weighted by Gasteiger charge is 2.20. The monoisotopic (exact) mass is 435 g/mol. The van der Waals surface area contributed by atoms with Crippen molar-refractivity contribution in [3.05, 3.63) is 53.6 Å². The number of nitrogens with zero attached hydrogens (tertiary/aromatic N) is 1. The highest BCUT2D eigenvalue weighted by atomic mass is 19.3. The Morgan fingerprint density at radius 2 is 1.87 bits per heavy atom. The Balaban J connectivity index is 1.38. The maximum Gasteiger partial charge on any atom is 0.387 e. The number of halogens is 2. The topological polar surface area (TPSA) is 73.3 Å². The lowest BCUT2D eigenvalue weighted by Gasteiger charge is -2.15. The second-order valence-electron chi connectivity index (χ2n) is 6.79. The Kier molecular flexibility index (Phi) is 8.71. The maximum absolute atomic E-state index is 12.7. The molecule has 1 aliphatic rings. The van der Waals surface area contributed by atoms with Gasteiger partial charge in [-0.05, 0) is 24.5 Å². The molecule has 0 spiro atoms. The van der Waals surface area contributed by atoms with E-state index in [0.717, 1.165) is 18.4 Å². The first-order valence-electron chi connectivity index (χ1n) is 10.1. The molecule has 0 saturated heterocycles. The predicted molar refractivity (Wildman–Crippen MR) is 113 cm³/mol. The summed E-state index contributed by atoms with van der Waals surface area (Å²) in [5, 5.41) is 6.30. The van der Waals surface area contributed by atoms with Crippen molar-refractivity contribution in [3.8, 4) is 17.2 Å². The standard InChI is InChI=1S/C22H27F2N3O4/c1-25-22(26-9-5-6-10-28-14-16-7-3-2-4-8-16)27-13-17-11-19-20(30-15-29-19)12-18(17)31-21(23)24/h2-4,7-8,11-12,21H,5-6,9-10,13-15H2,1H3,(H2,25,26,27). The molecule has 9 heteroatoms. The molecule has 7 nitrogen and oxygen atoms in total. The number of ether oxygens (including phenoxy) is 4. The number of hydrogen-bond acceptors (Lipinski definition) is 5. The molecule has 2 N–H and O–H groups in total. The summed E-state index contributed by atoms with van der Waals surface area (Å²) in [4.78, 5) is 4.16. The van der Waals surface area contributed by atoms with Crippen LogP contribution in [0.4, 0.5) is 8.78 Å². The molecular formula is C22H27F2N3O4.